The summed E-state index contributed by atoms with van der Waals surface area (Å²) in [4.78, 5) is 29.1. The van der Waals surface area contributed by atoms with E-state index in [1.54, 1.807) is 16.7 Å². The number of carbonyl (C=O) groups excluding carboxylic acids is 1. The number of phenolic OH excluding ortho intramolecular Hbond substituents is 1. The van der Waals surface area contributed by atoms with Crippen molar-refractivity contribution in [1.29, 1.82) is 0 Å². The Morgan fingerprint density at radius 2 is 2.07 bits per heavy atom. The SMILES string of the molecule is COc1cc2cc3c(nc2cc1O)-c1cc2c(c(=O)n1C3)COC(=O)C2O. The van der Waals surface area contributed by atoms with Crippen LogP contribution in [0.15, 0.2) is 29.1 Å². The summed E-state index contributed by atoms with van der Waals surface area (Å²) in [5.74, 6) is -0.462. The van der Waals surface area contributed by atoms with Gasteiger partial charge in [-0.3, -0.25) is 4.79 Å². The van der Waals surface area contributed by atoms with Gasteiger partial charge >= 0.3 is 5.97 Å². The van der Waals surface area contributed by atoms with Gasteiger partial charge in [0.2, 0.25) is 0 Å². The number of benzene rings is 1. The van der Waals surface area contributed by atoms with Gasteiger partial charge in [-0.05, 0) is 18.2 Å². The van der Waals surface area contributed by atoms with Crippen molar-refractivity contribution in [2.45, 2.75) is 19.3 Å². The first-order valence-electron chi connectivity index (χ1n) is 8.30. The maximum Gasteiger partial charge on any atom is 0.340 e. The van der Waals surface area contributed by atoms with Crippen molar-refractivity contribution < 1.29 is 24.5 Å². The minimum Gasteiger partial charge on any atom is -0.504 e. The second-order valence-electron chi connectivity index (χ2n) is 6.58. The van der Waals surface area contributed by atoms with Crippen molar-refractivity contribution in [3.63, 3.8) is 0 Å². The van der Waals surface area contributed by atoms with Crippen molar-refractivity contribution in [2.75, 3.05) is 7.11 Å². The third-order valence-corrected chi connectivity index (χ3v) is 5.08. The summed E-state index contributed by atoms with van der Waals surface area (Å²) in [6, 6.07) is 6.70. The fourth-order valence-corrected chi connectivity index (χ4v) is 3.71. The van der Waals surface area contributed by atoms with Crippen LogP contribution in [-0.4, -0.2) is 32.8 Å². The van der Waals surface area contributed by atoms with Crippen molar-refractivity contribution >= 4 is 16.9 Å². The van der Waals surface area contributed by atoms with Crippen LogP contribution in [0.1, 0.15) is 22.8 Å². The molecule has 2 aliphatic rings. The van der Waals surface area contributed by atoms with E-state index >= 15 is 0 Å². The van der Waals surface area contributed by atoms with Crippen LogP contribution < -0.4 is 10.3 Å². The van der Waals surface area contributed by atoms with E-state index in [1.165, 1.54) is 13.2 Å². The van der Waals surface area contributed by atoms with Crippen LogP contribution in [0.25, 0.3) is 22.3 Å². The molecular weight excluding hydrogens is 352 g/mol. The van der Waals surface area contributed by atoms with E-state index in [-0.39, 0.29) is 29.0 Å². The summed E-state index contributed by atoms with van der Waals surface area (Å²) in [5.41, 5.74) is 2.72. The maximum atomic E-state index is 12.8. The lowest BCUT2D eigenvalue weighted by atomic mass is 10.0. The van der Waals surface area contributed by atoms with Crippen molar-refractivity contribution in [1.82, 2.24) is 9.55 Å². The Morgan fingerprint density at radius 3 is 2.85 bits per heavy atom. The molecule has 1 unspecified atom stereocenters. The molecule has 0 bridgehead atoms. The zero-order valence-corrected chi connectivity index (χ0v) is 14.2. The molecule has 3 aromatic rings. The lowest BCUT2D eigenvalue weighted by Gasteiger charge is -2.21. The van der Waals surface area contributed by atoms with Crippen LogP contribution in [0, 0.1) is 0 Å². The number of esters is 1. The number of nitrogens with zero attached hydrogens (tertiary/aromatic N) is 2. The molecule has 0 radical (unpaired) electrons. The smallest absolute Gasteiger partial charge is 0.340 e. The fourth-order valence-electron chi connectivity index (χ4n) is 3.71. The van der Waals surface area contributed by atoms with Crippen molar-refractivity contribution in [3.8, 4) is 22.9 Å². The number of methoxy groups -OCH3 is 1. The number of hydrogen-bond donors (Lipinski definition) is 2. The average Bonchev–Trinajstić information content (AvgIpc) is 3.01. The Kier molecular flexibility index (Phi) is 3.11. The summed E-state index contributed by atoms with van der Waals surface area (Å²) >= 11 is 0. The predicted molar refractivity (Wildman–Crippen MR) is 93.5 cm³/mol. The van der Waals surface area contributed by atoms with Gasteiger partial charge in [0, 0.05) is 22.6 Å². The number of rotatable bonds is 1. The number of pyridine rings is 2. The second kappa shape index (κ2) is 5.31. The highest BCUT2D eigenvalue weighted by Gasteiger charge is 2.33. The van der Waals surface area contributed by atoms with E-state index in [9.17, 15) is 19.8 Å². The number of ether oxygens (including phenoxy) is 2. The third kappa shape index (κ3) is 2.10. The van der Waals surface area contributed by atoms with Crippen LogP contribution in [-0.2, 0) is 22.7 Å². The molecule has 4 heterocycles. The molecule has 0 saturated heterocycles. The largest absolute Gasteiger partial charge is 0.504 e. The third-order valence-electron chi connectivity index (χ3n) is 5.08. The summed E-state index contributed by atoms with van der Waals surface area (Å²) < 4.78 is 11.6. The second-order valence-corrected chi connectivity index (χ2v) is 6.58. The van der Waals surface area contributed by atoms with Gasteiger partial charge in [-0.1, -0.05) is 0 Å². The number of aliphatic hydroxyl groups excluding tert-OH is 1. The molecule has 1 atom stereocenters. The van der Waals surface area contributed by atoms with Gasteiger partial charge in [0.1, 0.15) is 6.61 Å². The highest BCUT2D eigenvalue weighted by molar-refractivity contribution is 5.87. The summed E-state index contributed by atoms with van der Waals surface area (Å²) in [6.45, 7) is 0.175. The van der Waals surface area contributed by atoms with Gasteiger partial charge in [-0.2, -0.15) is 0 Å². The Labute approximate surface area is 152 Å². The standard InChI is InChI=1S/C19H14N2O6/c1-26-15-3-8-2-9-6-21-13(16(9)20-12(8)5-14(15)22)4-10-11(18(21)24)7-27-19(25)17(10)23/h2-5,17,22-23H,6-7H2,1H3. The van der Waals surface area contributed by atoms with E-state index in [4.69, 9.17) is 9.47 Å². The summed E-state index contributed by atoms with van der Waals surface area (Å²) in [6.07, 6.45) is -1.48. The first-order valence-corrected chi connectivity index (χ1v) is 8.30. The maximum absolute atomic E-state index is 12.8. The number of aromatic hydroxyl groups is 1. The normalized spacial score (nSPS) is 17.3. The first-order chi connectivity index (χ1) is 13.0. The fraction of sp³-hybridized carbons (Fsp3) is 0.211. The number of carbonyl (C=O) groups is 1. The van der Waals surface area contributed by atoms with Gasteiger partial charge in [0.15, 0.2) is 17.6 Å². The van der Waals surface area contributed by atoms with Gasteiger partial charge in [-0.25, -0.2) is 9.78 Å². The van der Waals surface area contributed by atoms with Crippen molar-refractivity contribution in [2.24, 2.45) is 0 Å². The average molecular weight is 366 g/mol. The summed E-state index contributed by atoms with van der Waals surface area (Å²) in [5, 5.41) is 20.9. The van der Waals surface area contributed by atoms with Crippen LogP contribution in [0.3, 0.4) is 0 Å². The molecule has 136 valence electrons. The number of hydrogen-bond acceptors (Lipinski definition) is 7. The van der Waals surface area contributed by atoms with E-state index in [0.29, 0.717) is 29.2 Å². The van der Waals surface area contributed by atoms with Gasteiger partial charge < -0.3 is 24.3 Å². The van der Waals surface area contributed by atoms with E-state index in [1.807, 2.05) is 6.07 Å². The zero-order valence-electron chi connectivity index (χ0n) is 14.2. The molecule has 1 aromatic carbocycles. The predicted octanol–water partition coefficient (Wildman–Crippen LogP) is 1.23. The molecular formula is C19H14N2O6. The molecule has 5 rings (SSSR count). The number of aliphatic hydroxyl groups is 1. The molecule has 0 saturated carbocycles. The molecule has 8 heteroatoms. The molecule has 2 aliphatic heterocycles. The van der Waals surface area contributed by atoms with Crippen LogP contribution in [0.4, 0.5) is 0 Å². The minimum atomic E-state index is -1.48. The first kappa shape index (κ1) is 15.8. The van der Waals surface area contributed by atoms with Crippen molar-refractivity contribution in [3.05, 3.63) is 51.3 Å². The molecule has 2 N–H and O–H groups in total. The van der Waals surface area contributed by atoms with Crippen LogP contribution in [0.2, 0.25) is 0 Å². The minimum absolute atomic E-state index is 0.0311. The molecule has 8 nitrogen and oxygen atoms in total. The molecule has 0 spiro atoms. The lowest BCUT2D eigenvalue weighted by Crippen LogP contribution is -2.32. The Morgan fingerprint density at radius 1 is 1.26 bits per heavy atom. The number of phenols is 1. The van der Waals surface area contributed by atoms with Crippen LogP contribution >= 0.6 is 0 Å². The zero-order chi connectivity index (χ0) is 18.9. The number of aromatic nitrogens is 2. The van der Waals surface area contributed by atoms with Gasteiger partial charge in [0.25, 0.3) is 5.56 Å². The monoisotopic (exact) mass is 366 g/mol. The van der Waals surface area contributed by atoms with Gasteiger partial charge in [0.05, 0.1) is 36.1 Å². The van der Waals surface area contributed by atoms with E-state index in [2.05, 4.69) is 4.98 Å². The number of fused-ring (bicyclic) bond motifs is 5. The Hall–Kier alpha value is -3.39. The summed E-state index contributed by atoms with van der Waals surface area (Å²) in [7, 11) is 1.47. The lowest BCUT2D eigenvalue weighted by molar-refractivity contribution is -0.157. The number of cyclic esters (lactones) is 1. The molecule has 0 amide bonds. The quantitative estimate of drug-likeness (QED) is 0.487. The van der Waals surface area contributed by atoms with E-state index in [0.717, 1.165) is 10.9 Å². The topological polar surface area (TPSA) is 111 Å². The molecule has 0 aliphatic carbocycles. The van der Waals surface area contributed by atoms with Gasteiger partial charge in [-0.15, -0.1) is 0 Å². The van der Waals surface area contributed by atoms with E-state index < -0.39 is 12.1 Å². The Balaban J connectivity index is 1.76. The highest BCUT2D eigenvalue weighted by Crippen LogP contribution is 2.37. The Bertz CT molecular complexity index is 1210. The highest BCUT2D eigenvalue weighted by atomic mass is 16.5. The molecule has 0 fully saturated rings. The molecule has 2 aromatic heterocycles. The molecule has 27 heavy (non-hydrogen) atoms. The van der Waals surface area contributed by atoms with Crippen LogP contribution in [0.5, 0.6) is 11.5 Å².